The van der Waals surface area contributed by atoms with Crippen LogP contribution in [0.2, 0.25) is 0 Å². The number of hydrogen-bond acceptors (Lipinski definition) is 3. The molecule has 7 heteroatoms. The number of hydrogen-bond donors (Lipinski definition) is 2. The molecule has 1 heterocycles. The Bertz CT molecular complexity index is 725. The molecule has 0 radical (unpaired) electrons. The van der Waals surface area contributed by atoms with E-state index in [-0.39, 0.29) is 4.90 Å². The van der Waals surface area contributed by atoms with Crippen molar-refractivity contribution in [2.24, 2.45) is 0 Å². The van der Waals surface area contributed by atoms with Crippen LogP contribution in [0.15, 0.2) is 52.4 Å². The predicted molar refractivity (Wildman–Crippen MR) is 77.0 cm³/mol. The smallest absolute Gasteiger partial charge is 0.267 e. The Kier molecular flexibility index (Phi) is 3.71. The molecule has 0 bridgehead atoms. The standard InChI is InChI=1S/C11H9IN2O3S/c12-8-2-1-3-9(6-8)14-18(16,17)11-7-13-5-4-10(11)15/h1-7,14H,(H,13,15). The Morgan fingerprint density at radius 2 is 2.00 bits per heavy atom. The average Bonchev–Trinajstić information content (AvgIpc) is 2.28. The van der Waals surface area contributed by atoms with Crippen molar-refractivity contribution < 1.29 is 8.42 Å². The molecule has 94 valence electrons. The summed E-state index contributed by atoms with van der Waals surface area (Å²) >= 11 is 2.08. The monoisotopic (exact) mass is 376 g/mol. The van der Waals surface area contributed by atoms with E-state index in [1.807, 2.05) is 6.07 Å². The Hall–Kier alpha value is -1.35. The van der Waals surface area contributed by atoms with E-state index in [2.05, 4.69) is 32.3 Å². The molecule has 1 aromatic carbocycles. The second-order valence-corrected chi connectivity index (χ2v) is 6.39. The van der Waals surface area contributed by atoms with Gasteiger partial charge in [-0.05, 0) is 40.8 Å². The highest BCUT2D eigenvalue weighted by Crippen LogP contribution is 2.15. The highest BCUT2D eigenvalue weighted by Gasteiger charge is 2.17. The maximum Gasteiger partial charge on any atom is 0.267 e. The molecule has 0 amide bonds. The quantitative estimate of drug-likeness (QED) is 0.802. The van der Waals surface area contributed by atoms with E-state index in [1.54, 1.807) is 18.2 Å². The Labute approximate surface area is 117 Å². The number of rotatable bonds is 3. The van der Waals surface area contributed by atoms with Crippen LogP contribution in [0.25, 0.3) is 0 Å². The zero-order valence-electron chi connectivity index (χ0n) is 9.05. The number of anilines is 1. The molecule has 18 heavy (non-hydrogen) atoms. The molecule has 0 unspecified atom stereocenters. The SMILES string of the molecule is O=c1cc[nH]cc1S(=O)(=O)Nc1cccc(I)c1. The molecule has 5 nitrogen and oxygen atoms in total. The summed E-state index contributed by atoms with van der Waals surface area (Å²) in [6.45, 7) is 0. The summed E-state index contributed by atoms with van der Waals surface area (Å²) in [5.74, 6) is 0. The van der Waals surface area contributed by atoms with Crippen molar-refractivity contribution >= 4 is 38.3 Å². The summed E-state index contributed by atoms with van der Waals surface area (Å²) in [5, 5.41) is 0. The number of sulfonamides is 1. The number of benzene rings is 1. The second kappa shape index (κ2) is 5.11. The van der Waals surface area contributed by atoms with Gasteiger partial charge in [-0.2, -0.15) is 0 Å². The van der Waals surface area contributed by atoms with Gasteiger partial charge in [-0.3, -0.25) is 9.52 Å². The van der Waals surface area contributed by atoms with Gasteiger partial charge in [-0.1, -0.05) is 6.07 Å². The molecule has 0 aliphatic carbocycles. The zero-order valence-corrected chi connectivity index (χ0v) is 12.0. The third-order valence-corrected chi connectivity index (χ3v) is 4.23. The summed E-state index contributed by atoms with van der Waals surface area (Å²) in [6, 6.07) is 8.04. The lowest BCUT2D eigenvalue weighted by Crippen LogP contribution is -2.20. The van der Waals surface area contributed by atoms with Crippen molar-refractivity contribution in [3.63, 3.8) is 0 Å². The molecule has 2 aromatic rings. The Balaban J connectivity index is 2.40. The molecule has 0 saturated carbocycles. The lowest BCUT2D eigenvalue weighted by molar-refractivity contribution is 0.600. The van der Waals surface area contributed by atoms with Gasteiger partial charge in [0.15, 0.2) is 4.90 Å². The van der Waals surface area contributed by atoms with Crippen molar-refractivity contribution in [3.8, 4) is 0 Å². The summed E-state index contributed by atoms with van der Waals surface area (Å²) in [4.78, 5) is 13.8. The minimum absolute atomic E-state index is 0.302. The molecule has 2 rings (SSSR count). The molecule has 0 spiro atoms. The third kappa shape index (κ3) is 2.91. The van der Waals surface area contributed by atoms with Crippen LogP contribution < -0.4 is 10.2 Å². The van der Waals surface area contributed by atoms with E-state index < -0.39 is 15.5 Å². The van der Waals surface area contributed by atoms with Gasteiger partial charge in [-0.15, -0.1) is 0 Å². The maximum atomic E-state index is 12.0. The average molecular weight is 376 g/mol. The first kappa shape index (κ1) is 13.1. The zero-order chi connectivity index (χ0) is 13.2. The lowest BCUT2D eigenvalue weighted by Gasteiger charge is -2.07. The molecular weight excluding hydrogens is 367 g/mol. The van der Waals surface area contributed by atoms with Gasteiger partial charge in [0.2, 0.25) is 5.43 Å². The Morgan fingerprint density at radius 1 is 1.22 bits per heavy atom. The van der Waals surface area contributed by atoms with Gasteiger partial charge in [0.25, 0.3) is 10.0 Å². The van der Waals surface area contributed by atoms with Crippen LogP contribution in [0.4, 0.5) is 5.69 Å². The number of H-pyrrole nitrogens is 1. The molecule has 0 fully saturated rings. The van der Waals surface area contributed by atoms with Crippen LogP contribution in [-0.2, 0) is 10.0 Å². The molecule has 1 aromatic heterocycles. The van der Waals surface area contributed by atoms with E-state index in [9.17, 15) is 13.2 Å². The van der Waals surface area contributed by atoms with Gasteiger partial charge in [0.05, 0.1) is 0 Å². The molecule has 2 N–H and O–H groups in total. The minimum Gasteiger partial charge on any atom is -0.366 e. The van der Waals surface area contributed by atoms with E-state index in [4.69, 9.17) is 0 Å². The lowest BCUT2D eigenvalue weighted by atomic mass is 10.3. The van der Waals surface area contributed by atoms with Gasteiger partial charge in [-0.25, -0.2) is 8.42 Å². The van der Waals surface area contributed by atoms with Gasteiger partial charge < -0.3 is 4.98 Å². The normalized spacial score (nSPS) is 11.2. The van der Waals surface area contributed by atoms with Crippen LogP contribution in [0.3, 0.4) is 0 Å². The second-order valence-electron chi connectivity index (χ2n) is 3.49. The first-order valence-corrected chi connectivity index (χ1v) is 7.51. The van der Waals surface area contributed by atoms with Crippen molar-refractivity contribution in [3.05, 3.63) is 56.5 Å². The summed E-state index contributed by atoms with van der Waals surface area (Å²) in [7, 11) is -3.86. The highest BCUT2D eigenvalue weighted by atomic mass is 127. The largest absolute Gasteiger partial charge is 0.366 e. The van der Waals surface area contributed by atoms with Crippen LogP contribution in [0.1, 0.15) is 0 Å². The molecule has 0 saturated heterocycles. The van der Waals surface area contributed by atoms with Crippen molar-refractivity contribution in [2.45, 2.75) is 4.90 Å². The number of pyridine rings is 1. The molecule has 0 aliphatic heterocycles. The molecule has 0 aliphatic rings. The number of nitrogens with one attached hydrogen (secondary N) is 2. The van der Waals surface area contributed by atoms with Crippen LogP contribution in [0, 0.1) is 3.57 Å². The van der Waals surface area contributed by atoms with Gasteiger partial charge >= 0.3 is 0 Å². The van der Waals surface area contributed by atoms with E-state index in [1.165, 1.54) is 18.5 Å². The van der Waals surface area contributed by atoms with Crippen LogP contribution >= 0.6 is 22.6 Å². The highest BCUT2D eigenvalue weighted by molar-refractivity contribution is 14.1. The van der Waals surface area contributed by atoms with Crippen molar-refractivity contribution in [1.82, 2.24) is 4.98 Å². The predicted octanol–water partition coefficient (Wildman–Crippen LogP) is 1.78. The molecule has 0 atom stereocenters. The fourth-order valence-electron chi connectivity index (χ4n) is 1.37. The Morgan fingerprint density at radius 3 is 2.67 bits per heavy atom. The third-order valence-electron chi connectivity index (χ3n) is 2.15. The van der Waals surface area contributed by atoms with E-state index >= 15 is 0 Å². The first-order valence-electron chi connectivity index (χ1n) is 4.94. The number of halogens is 1. The number of aromatic nitrogens is 1. The van der Waals surface area contributed by atoms with Crippen molar-refractivity contribution in [1.29, 1.82) is 0 Å². The van der Waals surface area contributed by atoms with Gasteiger partial charge in [0.1, 0.15) is 0 Å². The van der Waals surface area contributed by atoms with E-state index in [0.717, 1.165) is 3.57 Å². The van der Waals surface area contributed by atoms with Gasteiger partial charge in [0, 0.05) is 27.7 Å². The van der Waals surface area contributed by atoms with Crippen LogP contribution in [-0.4, -0.2) is 13.4 Å². The summed E-state index contributed by atoms with van der Waals surface area (Å²) in [6.07, 6.45) is 2.55. The summed E-state index contributed by atoms with van der Waals surface area (Å²) in [5.41, 5.74) is -0.128. The minimum atomic E-state index is -3.86. The van der Waals surface area contributed by atoms with Crippen LogP contribution in [0.5, 0.6) is 0 Å². The first-order chi connectivity index (χ1) is 8.49. The maximum absolute atomic E-state index is 12.0. The molecular formula is C11H9IN2O3S. The topological polar surface area (TPSA) is 79.0 Å². The fourth-order valence-corrected chi connectivity index (χ4v) is 3.02. The van der Waals surface area contributed by atoms with Crippen molar-refractivity contribution in [2.75, 3.05) is 4.72 Å². The summed E-state index contributed by atoms with van der Waals surface area (Å²) < 4.78 is 27.3. The number of aromatic amines is 1. The fraction of sp³-hybridized carbons (Fsp3) is 0. The van der Waals surface area contributed by atoms with E-state index in [0.29, 0.717) is 5.69 Å².